The molecule has 13 heteroatoms. The minimum atomic E-state index is -1.42. The van der Waals surface area contributed by atoms with E-state index >= 15 is 4.39 Å². The molecule has 2 heterocycles. The Morgan fingerprint density at radius 2 is 1.53 bits per heavy atom. The lowest BCUT2D eigenvalue weighted by Crippen LogP contribution is -2.46. The molecule has 2 aliphatic heterocycles. The first-order valence-electron chi connectivity index (χ1n) is 16.3. The van der Waals surface area contributed by atoms with Crippen molar-refractivity contribution >= 4 is 40.6 Å². The summed E-state index contributed by atoms with van der Waals surface area (Å²) in [5, 5.41) is 2.92. The van der Waals surface area contributed by atoms with E-state index in [1.807, 2.05) is 12.1 Å². The molecule has 1 saturated heterocycles. The summed E-state index contributed by atoms with van der Waals surface area (Å²) in [6.45, 7) is 1.73. The molecular formula is C38H37FN4O8. The Morgan fingerprint density at radius 1 is 0.882 bits per heavy atom. The molecule has 4 aromatic rings. The number of anilines is 3. The van der Waals surface area contributed by atoms with Crippen LogP contribution in [0.25, 0.3) is 0 Å². The number of carbonyl (C=O) groups is 4. The minimum absolute atomic E-state index is 0.121. The van der Waals surface area contributed by atoms with Crippen LogP contribution in [0.2, 0.25) is 0 Å². The average Bonchev–Trinajstić information content (AvgIpc) is 3.40. The highest BCUT2D eigenvalue weighted by Gasteiger charge is 2.40. The number of amides is 3. The summed E-state index contributed by atoms with van der Waals surface area (Å²) in [6, 6.07) is 21.1. The minimum Gasteiger partial charge on any atom is -0.493 e. The van der Waals surface area contributed by atoms with Crippen LogP contribution in [-0.4, -0.2) is 82.6 Å². The van der Waals surface area contributed by atoms with Gasteiger partial charge >= 0.3 is 0 Å². The second-order valence-electron chi connectivity index (χ2n) is 11.8. The summed E-state index contributed by atoms with van der Waals surface area (Å²) >= 11 is 0. The van der Waals surface area contributed by atoms with E-state index in [1.54, 1.807) is 36.4 Å². The Hall–Kier alpha value is -5.95. The van der Waals surface area contributed by atoms with Crippen molar-refractivity contribution in [2.75, 3.05) is 69.3 Å². The molecule has 4 aromatic carbocycles. The molecule has 0 radical (unpaired) electrons. The van der Waals surface area contributed by atoms with Gasteiger partial charge in [-0.1, -0.05) is 30.3 Å². The van der Waals surface area contributed by atoms with Crippen molar-refractivity contribution in [1.29, 1.82) is 0 Å². The average molecular weight is 697 g/mol. The van der Waals surface area contributed by atoms with Crippen LogP contribution in [0.4, 0.5) is 21.5 Å². The Kier molecular flexibility index (Phi) is 10.5. The molecule has 3 amide bonds. The number of hydrogen-bond donors (Lipinski definition) is 1. The van der Waals surface area contributed by atoms with E-state index in [0.29, 0.717) is 18.9 Å². The van der Waals surface area contributed by atoms with Gasteiger partial charge in [-0.15, -0.1) is 0 Å². The Balaban J connectivity index is 1.43. The third kappa shape index (κ3) is 7.19. The van der Waals surface area contributed by atoms with Gasteiger partial charge in [0, 0.05) is 36.6 Å². The summed E-state index contributed by atoms with van der Waals surface area (Å²) in [4.78, 5) is 59.4. The molecule has 1 N–H and O–H groups in total. The van der Waals surface area contributed by atoms with Crippen molar-refractivity contribution in [1.82, 2.24) is 4.90 Å². The molecule has 0 saturated carbocycles. The number of methoxy groups -OCH3 is 3. The van der Waals surface area contributed by atoms with Gasteiger partial charge in [0.25, 0.3) is 17.6 Å². The highest BCUT2D eigenvalue weighted by molar-refractivity contribution is 6.52. The Bertz CT molecular complexity index is 1920. The summed E-state index contributed by atoms with van der Waals surface area (Å²) in [6.07, 6.45) is 0. The highest BCUT2D eigenvalue weighted by Crippen LogP contribution is 2.41. The van der Waals surface area contributed by atoms with Gasteiger partial charge in [-0.25, -0.2) is 4.39 Å². The number of nitrogens with one attached hydrogen (secondary N) is 1. The lowest BCUT2D eigenvalue weighted by atomic mass is 10.0. The molecule has 264 valence electrons. The summed E-state index contributed by atoms with van der Waals surface area (Å²) in [5.74, 6) is -2.92. The van der Waals surface area contributed by atoms with Crippen LogP contribution in [-0.2, 0) is 25.7 Å². The first-order valence-corrected chi connectivity index (χ1v) is 16.3. The zero-order chi connectivity index (χ0) is 36.1. The number of Topliss-reactive ketones (excluding diaryl/α,β-unsaturated/α-hetero) is 1. The van der Waals surface area contributed by atoms with E-state index in [0.717, 1.165) is 23.7 Å². The predicted molar refractivity (Wildman–Crippen MR) is 187 cm³/mol. The number of hydrogen-bond acceptors (Lipinski definition) is 9. The monoisotopic (exact) mass is 696 g/mol. The number of ketones is 1. The van der Waals surface area contributed by atoms with Crippen LogP contribution in [0.3, 0.4) is 0 Å². The molecule has 6 rings (SSSR count). The quantitative estimate of drug-likeness (QED) is 0.211. The van der Waals surface area contributed by atoms with Crippen LogP contribution < -0.4 is 29.3 Å². The molecule has 0 bridgehead atoms. The van der Waals surface area contributed by atoms with Crippen molar-refractivity contribution in [2.24, 2.45) is 0 Å². The van der Waals surface area contributed by atoms with Crippen molar-refractivity contribution < 1.29 is 42.5 Å². The predicted octanol–water partition coefficient (Wildman–Crippen LogP) is 4.63. The normalized spacial score (nSPS) is 14.5. The van der Waals surface area contributed by atoms with Gasteiger partial charge in [0.15, 0.2) is 11.5 Å². The first kappa shape index (κ1) is 34.9. The second-order valence-corrected chi connectivity index (χ2v) is 11.8. The fourth-order valence-corrected chi connectivity index (χ4v) is 6.28. The smallest absolute Gasteiger partial charge is 0.299 e. The lowest BCUT2D eigenvalue weighted by molar-refractivity contribution is -0.139. The van der Waals surface area contributed by atoms with Crippen molar-refractivity contribution in [3.63, 3.8) is 0 Å². The number of carbonyl (C=O) groups excluding carboxylic acids is 4. The molecule has 12 nitrogen and oxygen atoms in total. The Morgan fingerprint density at radius 3 is 2.18 bits per heavy atom. The summed E-state index contributed by atoms with van der Waals surface area (Å²) < 4.78 is 37.4. The first-order chi connectivity index (χ1) is 24.7. The standard InChI is InChI=1S/C38H37FN4O8/c1-48-31-20-25(21-32(49-2)36(31)50-3)34(37(46)40-26-12-14-27(15-13-26)41-16-18-51-19-17-41)43(22-24-8-4-6-10-29(24)39)33(44)23-42-30-11-7-5-9-28(30)35(45)38(42)47/h4-15,20-21,34H,16-19,22-23H2,1-3H3,(H,40,46). The Labute approximate surface area is 294 Å². The van der Waals surface area contributed by atoms with Crippen LogP contribution >= 0.6 is 0 Å². The van der Waals surface area contributed by atoms with Gasteiger partial charge in [-0.05, 0) is 60.2 Å². The van der Waals surface area contributed by atoms with Gasteiger partial charge in [0.2, 0.25) is 11.7 Å². The third-order valence-corrected chi connectivity index (χ3v) is 8.87. The molecule has 0 aromatic heterocycles. The van der Waals surface area contributed by atoms with Gasteiger partial charge in [0.1, 0.15) is 18.4 Å². The van der Waals surface area contributed by atoms with Gasteiger partial charge < -0.3 is 34.1 Å². The SMILES string of the molecule is COc1cc(C(C(=O)Nc2ccc(N3CCOCC3)cc2)N(Cc2ccccc2F)C(=O)CN2C(=O)C(=O)c3ccccc32)cc(OC)c1OC. The molecular weight excluding hydrogens is 659 g/mol. The number of ether oxygens (including phenoxy) is 4. The van der Waals surface area contributed by atoms with Crippen molar-refractivity contribution in [3.8, 4) is 17.2 Å². The van der Waals surface area contributed by atoms with Crippen molar-refractivity contribution in [3.05, 3.63) is 107 Å². The van der Waals surface area contributed by atoms with Crippen LogP contribution in [0.1, 0.15) is 27.5 Å². The maximum Gasteiger partial charge on any atom is 0.299 e. The fourth-order valence-electron chi connectivity index (χ4n) is 6.28. The third-order valence-electron chi connectivity index (χ3n) is 8.87. The van der Waals surface area contributed by atoms with E-state index in [1.165, 1.54) is 62.6 Å². The molecule has 1 atom stereocenters. The zero-order valence-corrected chi connectivity index (χ0v) is 28.4. The van der Waals surface area contributed by atoms with E-state index in [-0.39, 0.29) is 46.2 Å². The maximum absolute atomic E-state index is 15.3. The number of para-hydroxylation sites is 1. The van der Waals surface area contributed by atoms with E-state index in [9.17, 15) is 19.2 Å². The molecule has 0 spiro atoms. The second kappa shape index (κ2) is 15.3. The highest BCUT2D eigenvalue weighted by atomic mass is 19.1. The summed E-state index contributed by atoms with van der Waals surface area (Å²) in [5.41, 5.74) is 2.20. The largest absolute Gasteiger partial charge is 0.493 e. The molecule has 1 fully saturated rings. The molecule has 1 unspecified atom stereocenters. The topological polar surface area (TPSA) is 127 Å². The number of halogens is 1. The van der Waals surface area contributed by atoms with E-state index in [4.69, 9.17) is 18.9 Å². The molecule has 51 heavy (non-hydrogen) atoms. The number of benzene rings is 4. The number of rotatable bonds is 12. The van der Waals surface area contributed by atoms with E-state index in [2.05, 4.69) is 10.2 Å². The maximum atomic E-state index is 15.3. The number of nitrogens with zero attached hydrogens (tertiary/aromatic N) is 3. The zero-order valence-electron chi connectivity index (χ0n) is 28.4. The van der Waals surface area contributed by atoms with Gasteiger partial charge in [-0.3, -0.25) is 24.1 Å². The number of morpholine rings is 1. The van der Waals surface area contributed by atoms with Crippen LogP contribution in [0, 0.1) is 5.82 Å². The van der Waals surface area contributed by atoms with Gasteiger partial charge in [0.05, 0.1) is 45.8 Å². The summed E-state index contributed by atoms with van der Waals surface area (Å²) in [7, 11) is 4.27. The fraction of sp³-hybridized carbons (Fsp3) is 0.263. The molecule has 0 aliphatic carbocycles. The van der Waals surface area contributed by atoms with Crippen LogP contribution in [0.15, 0.2) is 84.9 Å². The van der Waals surface area contributed by atoms with Crippen molar-refractivity contribution in [2.45, 2.75) is 12.6 Å². The van der Waals surface area contributed by atoms with Gasteiger partial charge in [-0.2, -0.15) is 0 Å². The molecule has 2 aliphatic rings. The number of fused-ring (bicyclic) bond motifs is 1. The lowest BCUT2D eigenvalue weighted by Gasteiger charge is -2.33. The van der Waals surface area contributed by atoms with E-state index < -0.39 is 41.9 Å². The van der Waals surface area contributed by atoms with Crippen LogP contribution in [0.5, 0.6) is 17.2 Å².